The lowest BCUT2D eigenvalue weighted by Crippen LogP contribution is -2.24. The Balaban J connectivity index is 1.74. The number of aliphatic hydroxyl groups excluding tert-OH is 1. The average Bonchev–Trinajstić information content (AvgIpc) is 3.20. The van der Waals surface area contributed by atoms with E-state index in [1.54, 1.807) is 13.0 Å². The second-order valence-corrected chi connectivity index (χ2v) is 6.79. The molecule has 0 saturated carbocycles. The van der Waals surface area contributed by atoms with Crippen molar-refractivity contribution >= 4 is 5.91 Å². The molecule has 2 N–H and O–H groups in total. The number of nitrogens with one attached hydrogen (secondary N) is 1. The van der Waals surface area contributed by atoms with Crippen molar-refractivity contribution in [1.29, 1.82) is 0 Å². The van der Waals surface area contributed by atoms with Crippen molar-refractivity contribution in [3.8, 4) is 17.3 Å². The highest BCUT2D eigenvalue weighted by atomic mass is 19.1. The van der Waals surface area contributed by atoms with E-state index in [9.17, 15) is 9.18 Å². The maximum Gasteiger partial charge on any atom is 0.270 e. The number of nitrogens with zero attached hydrogens (tertiary/aromatic N) is 6. The second kappa shape index (κ2) is 9.35. The molecular formula is C19H22FN7O3. The van der Waals surface area contributed by atoms with Crippen LogP contribution in [-0.4, -0.2) is 54.9 Å². The predicted molar refractivity (Wildman–Crippen MR) is 104 cm³/mol. The van der Waals surface area contributed by atoms with E-state index < -0.39 is 11.7 Å². The van der Waals surface area contributed by atoms with Crippen molar-refractivity contribution in [2.24, 2.45) is 5.92 Å². The molecule has 158 valence electrons. The first-order valence-electron chi connectivity index (χ1n) is 9.25. The van der Waals surface area contributed by atoms with Crippen molar-refractivity contribution in [1.82, 2.24) is 35.5 Å². The van der Waals surface area contributed by atoms with E-state index >= 15 is 0 Å². The van der Waals surface area contributed by atoms with Gasteiger partial charge in [-0.1, -0.05) is 13.0 Å². The Morgan fingerprint density at radius 1 is 1.33 bits per heavy atom. The Morgan fingerprint density at radius 2 is 2.13 bits per heavy atom. The Labute approximate surface area is 172 Å². The minimum Gasteiger partial charge on any atom is -0.494 e. The molecule has 1 amide bonds. The number of tetrazole rings is 1. The summed E-state index contributed by atoms with van der Waals surface area (Å²) in [5.41, 5.74) is 1.18. The lowest BCUT2D eigenvalue weighted by atomic mass is 10.2. The zero-order valence-corrected chi connectivity index (χ0v) is 16.8. The van der Waals surface area contributed by atoms with E-state index in [1.165, 1.54) is 30.1 Å². The smallest absolute Gasteiger partial charge is 0.270 e. The average molecular weight is 415 g/mol. The number of carbonyl (C=O) groups is 1. The molecule has 30 heavy (non-hydrogen) atoms. The lowest BCUT2D eigenvalue weighted by molar-refractivity contribution is 0.0945. The quantitative estimate of drug-likeness (QED) is 0.561. The van der Waals surface area contributed by atoms with Crippen LogP contribution in [0.1, 0.15) is 28.8 Å². The minimum atomic E-state index is -0.474. The molecule has 0 aliphatic carbocycles. The molecular weight excluding hydrogens is 393 g/mol. The predicted octanol–water partition coefficient (Wildman–Crippen LogP) is 1.14. The van der Waals surface area contributed by atoms with E-state index in [4.69, 9.17) is 9.84 Å². The van der Waals surface area contributed by atoms with E-state index in [2.05, 4.69) is 30.7 Å². The number of aromatic nitrogens is 6. The Morgan fingerprint density at radius 3 is 2.87 bits per heavy atom. The number of aliphatic hydroxyl groups is 1. The zero-order valence-electron chi connectivity index (χ0n) is 16.8. The molecule has 0 radical (unpaired) electrons. The summed E-state index contributed by atoms with van der Waals surface area (Å²) in [6, 6.07) is 5.83. The Hall–Kier alpha value is -3.47. The van der Waals surface area contributed by atoms with Gasteiger partial charge in [-0.2, -0.15) is 4.80 Å². The van der Waals surface area contributed by atoms with Crippen molar-refractivity contribution in [2.45, 2.75) is 26.9 Å². The molecule has 0 saturated heterocycles. The number of halogens is 1. The summed E-state index contributed by atoms with van der Waals surface area (Å²) in [6.07, 6.45) is 0. The summed E-state index contributed by atoms with van der Waals surface area (Å²) in [5.74, 6) is -0.190. The fourth-order valence-electron chi connectivity index (χ4n) is 2.65. The molecule has 10 nitrogen and oxygen atoms in total. The molecule has 0 spiro atoms. The van der Waals surface area contributed by atoms with Gasteiger partial charge in [0.25, 0.3) is 5.91 Å². The van der Waals surface area contributed by atoms with Crippen LogP contribution in [0.25, 0.3) is 11.5 Å². The molecule has 0 bridgehead atoms. The Bertz CT molecular complexity index is 1040. The van der Waals surface area contributed by atoms with Gasteiger partial charge < -0.3 is 15.2 Å². The van der Waals surface area contributed by atoms with E-state index in [-0.39, 0.29) is 36.3 Å². The number of methoxy groups -OCH3 is 1. The summed E-state index contributed by atoms with van der Waals surface area (Å²) in [4.78, 5) is 22.4. The molecule has 0 aliphatic heterocycles. The molecule has 2 aromatic heterocycles. The standard InChI is InChI=1S/C19H22FN7O3/c1-11(10-28)9-27-25-18(24-26-27)15-7-16(23-12(2)22-15)19(29)21-8-13-4-5-14(20)17(6-13)30-3/h4-7,11,28H,8-10H2,1-3H3,(H,21,29)/t11-/m0/s1. The first kappa shape index (κ1) is 21.2. The van der Waals surface area contributed by atoms with Gasteiger partial charge in [-0.15, -0.1) is 10.2 Å². The van der Waals surface area contributed by atoms with Crippen molar-refractivity contribution in [3.05, 3.63) is 47.2 Å². The van der Waals surface area contributed by atoms with Crippen LogP contribution >= 0.6 is 0 Å². The molecule has 0 aliphatic rings. The SMILES string of the molecule is COc1cc(CNC(=O)c2cc(-c3nnn(C[C@H](C)CO)n3)nc(C)n2)ccc1F. The molecule has 2 heterocycles. The fraction of sp³-hybridized carbons (Fsp3) is 0.368. The van der Waals surface area contributed by atoms with E-state index in [1.807, 2.05) is 6.92 Å². The number of rotatable bonds is 8. The fourth-order valence-corrected chi connectivity index (χ4v) is 2.65. The summed E-state index contributed by atoms with van der Waals surface area (Å²) in [7, 11) is 1.38. The summed E-state index contributed by atoms with van der Waals surface area (Å²) < 4.78 is 18.5. The van der Waals surface area contributed by atoms with E-state index in [0.29, 0.717) is 23.6 Å². The lowest BCUT2D eigenvalue weighted by Gasteiger charge is -2.08. The van der Waals surface area contributed by atoms with Crippen LogP contribution in [0.15, 0.2) is 24.3 Å². The Kier molecular flexibility index (Phi) is 6.62. The minimum absolute atomic E-state index is 0.00768. The maximum absolute atomic E-state index is 13.5. The molecule has 0 fully saturated rings. The van der Waals surface area contributed by atoms with Crippen LogP contribution in [-0.2, 0) is 13.1 Å². The first-order chi connectivity index (χ1) is 14.4. The summed E-state index contributed by atoms with van der Waals surface area (Å²) in [6.45, 7) is 4.09. The third kappa shape index (κ3) is 5.11. The van der Waals surface area contributed by atoms with Crippen LogP contribution in [0.5, 0.6) is 5.75 Å². The van der Waals surface area contributed by atoms with E-state index in [0.717, 1.165) is 0 Å². The van der Waals surface area contributed by atoms with Gasteiger partial charge in [0.1, 0.15) is 17.2 Å². The molecule has 3 aromatic rings. The molecule has 11 heteroatoms. The van der Waals surface area contributed by atoms with Crippen LogP contribution in [0.3, 0.4) is 0 Å². The number of hydrogen-bond donors (Lipinski definition) is 2. The number of aryl methyl sites for hydroxylation is 1. The highest BCUT2D eigenvalue weighted by molar-refractivity contribution is 5.93. The molecule has 0 unspecified atom stereocenters. The van der Waals surface area contributed by atoms with Gasteiger partial charge in [-0.3, -0.25) is 4.79 Å². The third-order valence-corrected chi connectivity index (χ3v) is 4.21. The highest BCUT2D eigenvalue weighted by Gasteiger charge is 2.15. The topological polar surface area (TPSA) is 128 Å². The van der Waals surface area contributed by atoms with Crippen LogP contribution < -0.4 is 10.1 Å². The summed E-state index contributed by atoms with van der Waals surface area (Å²) >= 11 is 0. The van der Waals surface area contributed by atoms with Crippen LogP contribution in [0.4, 0.5) is 4.39 Å². The van der Waals surface area contributed by atoms with Crippen LogP contribution in [0.2, 0.25) is 0 Å². The van der Waals surface area contributed by atoms with Gasteiger partial charge in [-0.25, -0.2) is 14.4 Å². The van der Waals surface area contributed by atoms with Crippen molar-refractivity contribution < 1.29 is 19.0 Å². The van der Waals surface area contributed by atoms with Gasteiger partial charge in [0, 0.05) is 19.1 Å². The van der Waals surface area contributed by atoms with Gasteiger partial charge >= 0.3 is 0 Å². The number of benzene rings is 1. The second-order valence-electron chi connectivity index (χ2n) is 6.79. The zero-order chi connectivity index (χ0) is 21.7. The number of amides is 1. The maximum atomic E-state index is 13.5. The van der Waals surface area contributed by atoms with Crippen molar-refractivity contribution in [2.75, 3.05) is 13.7 Å². The normalized spacial score (nSPS) is 11.9. The molecule has 1 aromatic carbocycles. The third-order valence-electron chi connectivity index (χ3n) is 4.21. The van der Waals surface area contributed by atoms with Crippen LogP contribution in [0, 0.1) is 18.7 Å². The van der Waals surface area contributed by atoms with Gasteiger partial charge in [-0.05, 0) is 35.9 Å². The summed E-state index contributed by atoms with van der Waals surface area (Å²) in [5, 5.41) is 24.0. The number of carbonyl (C=O) groups excluding carboxylic acids is 1. The monoisotopic (exact) mass is 415 g/mol. The van der Waals surface area contributed by atoms with Crippen molar-refractivity contribution in [3.63, 3.8) is 0 Å². The number of ether oxygens (including phenoxy) is 1. The van der Waals surface area contributed by atoms with Gasteiger partial charge in [0.2, 0.25) is 5.82 Å². The largest absolute Gasteiger partial charge is 0.494 e. The molecule has 3 rings (SSSR count). The number of hydrogen-bond acceptors (Lipinski definition) is 8. The molecule has 1 atom stereocenters. The van der Waals surface area contributed by atoms with Gasteiger partial charge in [0.05, 0.1) is 13.7 Å². The van der Waals surface area contributed by atoms with Gasteiger partial charge in [0.15, 0.2) is 11.6 Å². The first-order valence-corrected chi connectivity index (χ1v) is 9.25. The highest BCUT2D eigenvalue weighted by Crippen LogP contribution is 2.18.